The van der Waals surface area contributed by atoms with Crippen LogP contribution in [0.3, 0.4) is 0 Å². The smallest absolute Gasteiger partial charge is 0.202 e. The van der Waals surface area contributed by atoms with E-state index in [9.17, 15) is 8.42 Å². The van der Waals surface area contributed by atoms with E-state index in [-0.39, 0.29) is 17.0 Å². The Bertz CT molecular complexity index is 736. The fourth-order valence-electron chi connectivity index (χ4n) is 2.82. The van der Waals surface area contributed by atoms with E-state index in [0.717, 1.165) is 11.1 Å². The summed E-state index contributed by atoms with van der Waals surface area (Å²) in [6.07, 6.45) is 4.50. The third-order valence-corrected chi connectivity index (χ3v) is 6.66. The fraction of sp³-hybridized carbons (Fsp3) is 0.667. The average molecular weight is 337 g/mol. The van der Waals surface area contributed by atoms with E-state index in [2.05, 4.69) is 41.3 Å². The van der Waals surface area contributed by atoms with Crippen LogP contribution in [-0.4, -0.2) is 31.3 Å². The van der Waals surface area contributed by atoms with Crippen molar-refractivity contribution in [3.8, 4) is 0 Å². The van der Waals surface area contributed by atoms with Gasteiger partial charge in [0.25, 0.3) is 0 Å². The highest BCUT2D eigenvalue weighted by Crippen LogP contribution is 2.41. The normalized spacial score (nSPS) is 25.0. The number of azide groups is 1. The second-order valence-electron chi connectivity index (χ2n) is 7.18. The van der Waals surface area contributed by atoms with Crippen LogP contribution in [0.5, 0.6) is 0 Å². The van der Waals surface area contributed by atoms with Gasteiger partial charge in [-0.15, -0.1) is 0 Å². The standard InChI is InChI=1S/C15H23N5O2S/c1-14(2,3)12-7-11(10-18-20-16)8-15(4,9-12)23(21,22)13-5-6-17-19-13/h7-8,17H,5-6,9-10H2,1-4H3. The van der Waals surface area contributed by atoms with Gasteiger partial charge >= 0.3 is 0 Å². The fourth-order valence-corrected chi connectivity index (χ4v) is 4.57. The van der Waals surface area contributed by atoms with Crippen LogP contribution in [0.2, 0.25) is 0 Å². The molecule has 1 aliphatic heterocycles. The molecule has 0 saturated heterocycles. The van der Waals surface area contributed by atoms with Crippen molar-refractivity contribution in [3.05, 3.63) is 33.7 Å². The number of sulfone groups is 1. The zero-order valence-corrected chi connectivity index (χ0v) is 14.8. The zero-order chi connectivity index (χ0) is 17.3. The maximum atomic E-state index is 13.1. The number of allylic oxidation sites excluding steroid dienone is 1. The number of hydrogen-bond acceptors (Lipinski definition) is 5. The Morgan fingerprint density at radius 2 is 2.17 bits per heavy atom. The van der Waals surface area contributed by atoms with Crippen molar-refractivity contribution in [2.24, 2.45) is 15.6 Å². The summed E-state index contributed by atoms with van der Waals surface area (Å²) in [7, 11) is -3.58. The van der Waals surface area contributed by atoms with Gasteiger partial charge in [0.2, 0.25) is 9.84 Å². The Labute approximate surface area is 137 Å². The zero-order valence-electron chi connectivity index (χ0n) is 14.0. The van der Waals surface area contributed by atoms with Crippen LogP contribution < -0.4 is 5.43 Å². The van der Waals surface area contributed by atoms with Crippen LogP contribution in [0.15, 0.2) is 33.5 Å². The molecule has 0 saturated carbocycles. The van der Waals surface area contributed by atoms with Gasteiger partial charge in [0.1, 0.15) is 0 Å². The van der Waals surface area contributed by atoms with Gasteiger partial charge in [0, 0.05) is 17.9 Å². The summed E-state index contributed by atoms with van der Waals surface area (Å²) in [5.41, 5.74) is 12.9. The van der Waals surface area contributed by atoms with E-state index < -0.39 is 14.6 Å². The van der Waals surface area contributed by atoms with Crippen molar-refractivity contribution in [2.45, 2.75) is 45.3 Å². The van der Waals surface area contributed by atoms with E-state index in [1.807, 2.05) is 6.08 Å². The average Bonchev–Trinajstić information content (AvgIpc) is 2.98. The topological polar surface area (TPSA) is 107 Å². The van der Waals surface area contributed by atoms with E-state index in [0.29, 0.717) is 19.4 Å². The number of nitrogens with one attached hydrogen (secondary N) is 1. The molecular formula is C15H23N5O2S. The molecule has 2 aliphatic rings. The highest BCUT2D eigenvalue weighted by Gasteiger charge is 2.45. The van der Waals surface area contributed by atoms with Gasteiger partial charge in [-0.25, -0.2) is 8.42 Å². The van der Waals surface area contributed by atoms with Gasteiger partial charge in [-0.2, -0.15) is 5.10 Å². The lowest BCUT2D eigenvalue weighted by molar-refractivity contribution is 0.460. The minimum absolute atomic E-state index is 0.145. The molecule has 0 aromatic rings. The van der Waals surface area contributed by atoms with Gasteiger partial charge in [0.05, 0.1) is 11.3 Å². The van der Waals surface area contributed by atoms with Crippen LogP contribution in [0.4, 0.5) is 0 Å². The Morgan fingerprint density at radius 3 is 2.70 bits per heavy atom. The first kappa shape index (κ1) is 17.6. The third-order valence-electron chi connectivity index (χ3n) is 4.25. The molecule has 0 amide bonds. The molecule has 1 heterocycles. The van der Waals surface area contributed by atoms with Gasteiger partial charge in [-0.3, -0.25) is 0 Å². The number of nitrogens with zero attached hydrogens (tertiary/aromatic N) is 4. The molecule has 0 spiro atoms. The SMILES string of the molecule is CC(C)(C)C1=CC(CN=[N+]=[N-])=CC(C)(S(=O)(=O)C2=NNCC2)C1. The lowest BCUT2D eigenvalue weighted by Crippen LogP contribution is -2.41. The summed E-state index contributed by atoms with van der Waals surface area (Å²) < 4.78 is 25.0. The first-order valence-corrected chi connectivity index (χ1v) is 9.06. The molecule has 0 fully saturated rings. The van der Waals surface area contributed by atoms with Crippen molar-refractivity contribution >= 4 is 14.9 Å². The number of hydrazone groups is 1. The number of hydrogen-bond donors (Lipinski definition) is 1. The maximum Gasteiger partial charge on any atom is 0.202 e. The molecule has 2 rings (SSSR count). The molecule has 0 aromatic carbocycles. The minimum atomic E-state index is -3.58. The van der Waals surface area contributed by atoms with Gasteiger partial charge in [-0.1, -0.05) is 43.6 Å². The largest absolute Gasteiger partial charge is 0.309 e. The molecule has 1 aliphatic carbocycles. The monoisotopic (exact) mass is 337 g/mol. The second-order valence-corrected chi connectivity index (χ2v) is 9.60. The summed E-state index contributed by atoms with van der Waals surface area (Å²) in [5, 5.41) is 7.74. The van der Waals surface area contributed by atoms with Crippen molar-refractivity contribution in [2.75, 3.05) is 13.1 Å². The van der Waals surface area contributed by atoms with Crippen molar-refractivity contribution < 1.29 is 8.42 Å². The van der Waals surface area contributed by atoms with Gasteiger partial charge < -0.3 is 5.43 Å². The molecule has 0 bridgehead atoms. The molecule has 1 atom stereocenters. The quantitative estimate of drug-likeness (QED) is 0.485. The third kappa shape index (κ3) is 3.43. The van der Waals surface area contributed by atoms with Crippen LogP contribution >= 0.6 is 0 Å². The molecule has 1 N–H and O–H groups in total. The van der Waals surface area contributed by atoms with Gasteiger partial charge in [0.15, 0.2) is 5.04 Å². The molecule has 126 valence electrons. The molecule has 0 radical (unpaired) electrons. The summed E-state index contributed by atoms with van der Waals surface area (Å²) in [6.45, 7) is 8.57. The summed E-state index contributed by atoms with van der Waals surface area (Å²) in [5.74, 6) is 0. The van der Waals surface area contributed by atoms with Crippen molar-refractivity contribution in [1.82, 2.24) is 5.43 Å². The van der Waals surface area contributed by atoms with Gasteiger partial charge in [-0.05, 0) is 29.9 Å². The predicted molar refractivity (Wildman–Crippen MR) is 91.6 cm³/mol. The molecular weight excluding hydrogens is 314 g/mol. The van der Waals surface area contributed by atoms with E-state index >= 15 is 0 Å². The van der Waals surface area contributed by atoms with E-state index in [1.165, 1.54) is 0 Å². The van der Waals surface area contributed by atoms with Crippen LogP contribution in [0.1, 0.15) is 40.5 Å². The van der Waals surface area contributed by atoms with E-state index in [1.54, 1.807) is 13.0 Å². The maximum absolute atomic E-state index is 13.1. The Balaban J connectivity index is 2.50. The Morgan fingerprint density at radius 1 is 1.48 bits per heavy atom. The Hall–Kier alpha value is -1.79. The first-order chi connectivity index (χ1) is 10.6. The molecule has 23 heavy (non-hydrogen) atoms. The molecule has 0 aromatic heterocycles. The molecule has 7 nitrogen and oxygen atoms in total. The molecule has 1 unspecified atom stereocenters. The summed E-state index contributed by atoms with van der Waals surface area (Å²) in [4.78, 5) is 2.78. The highest BCUT2D eigenvalue weighted by molar-refractivity contribution is 8.07. The second kappa shape index (κ2) is 6.02. The predicted octanol–water partition coefficient (Wildman–Crippen LogP) is 3.08. The lowest BCUT2D eigenvalue weighted by Gasteiger charge is -2.36. The minimum Gasteiger partial charge on any atom is -0.309 e. The summed E-state index contributed by atoms with van der Waals surface area (Å²) >= 11 is 0. The van der Waals surface area contributed by atoms with Crippen LogP contribution in [-0.2, 0) is 9.84 Å². The first-order valence-electron chi connectivity index (χ1n) is 7.58. The molecule has 8 heteroatoms. The lowest BCUT2D eigenvalue weighted by atomic mass is 9.77. The van der Waals surface area contributed by atoms with Crippen molar-refractivity contribution in [1.29, 1.82) is 0 Å². The van der Waals surface area contributed by atoms with Crippen LogP contribution in [0, 0.1) is 5.41 Å². The Kier molecular flexibility index (Phi) is 4.59. The van der Waals surface area contributed by atoms with E-state index in [4.69, 9.17) is 5.53 Å². The van der Waals surface area contributed by atoms with Crippen LogP contribution in [0.25, 0.3) is 10.4 Å². The highest BCUT2D eigenvalue weighted by atomic mass is 32.2. The van der Waals surface area contributed by atoms with Crippen molar-refractivity contribution in [3.63, 3.8) is 0 Å². The number of rotatable bonds is 3. The summed E-state index contributed by atoms with van der Waals surface area (Å²) in [6, 6.07) is 0.